The highest BCUT2D eigenvalue weighted by Gasteiger charge is 2.23. The molecule has 0 unspecified atom stereocenters. The van der Waals surface area contributed by atoms with Crippen LogP contribution in [0.2, 0.25) is 0 Å². The van der Waals surface area contributed by atoms with E-state index in [2.05, 4.69) is 26.8 Å². The standard InChI is InChI=1S/C19H26N4O/c1-16-14-20-19(21-15-16)22(2)17-8-10-23(11-9-17)12-13-24-18-6-4-3-5-7-18/h3-7,14-15,17H,8-13H2,1-2H3. The minimum atomic E-state index is 0.513. The number of ether oxygens (including phenoxy) is 1. The molecule has 1 aromatic carbocycles. The van der Waals surface area contributed by atoms with Crippen LogP contribution in [-0.2, 0) is 0 Å². The SMILES string of the molecule is Cc1cnc(N(C)C2CCN(CCOc3ccccc3)CC2)nc1. The molecule has 1 aromatic heterocycles. The summed E-state index contributed by atoms with van der Waals surface area (Å²) >= 11 is 0. The Morgan fingerprint density at radius 1 is 1.12 bits per heavy atom. The van der Waals surface area contributed by atoms with E-state index in [4.69, 9.17) is 4.74 Å². The van der Waals surface area contributed by atoms with Gasteiger partial charge in [-0.05, 0) is 37.5 Å². The summed E-state index contributed by atoms with van der Waals surface area (Å²) < 4.78 is 5.79. The van der Waals surface area contributed by atoms with Crippen LogP contribution in [0.5, 0.6) is 5.75 Å². The Kier molecular flexibility index (Phi) is 5.64. The van der Waals surface area contributed by atoms with Crippen molar-refractivity contribution in [1.29, 1.82) is 0 Å². The van der Waals surface area contributed by atoms with Gasteiger partial charge in [0.1, 0.15) is 12.4 Å². The van der Waals surface area contributed by atoms with Crippen molar-refractivity contribution in [2.45, 2.75) is 25.8 Å². The fourth-order valence-corrected chi connectivity index (χ4v) is 3.07. The number of nitrogens with zero attached hydrogens (tertiary/aromatic N) is 4. The molecule has 1 aliphatic rings. The van der Waals surface area contributed by atoms with Crippen molar-refractivity contribution >= 4 is 5.95 Å². The van der Waals surface area contributed by atoms with Gasteiger partial charge >= 0.3 is 0 Å². The molecule has 3 rings (SSSR count). The maximum atomic E-state index is 5.79. The van der Waals surface area contributed by atoms with Crippen LogP contribution in [0.4, 0.5) is 5.95 Å². The Morgan fingerprint density at radius 2 is 1.79 bits per heavy atom. The van der Waals surface area contributed by atoms with Crippen LogP contribution in [0, 0.1) is 6.92 Å². The molecule has 1 fully saturated rings. The minimum absolute atomic E-state index is 0.513. The first-order valence-corrected chi connectivity index (χ1v) is 8.64. The quantitative estimate of drug-likeness (QED) is 0.816. The van der Waals surface area contributed by atoms with Crippen molar-refractivity contribution in [3.8, 4) is 5.75 Å². The molecule has 0 N–H and O–H groups in total. The zero-order chi connectivity index (χ0) is 16.8. The number of piperidine rings is 1. The third-order valence-corrected chi connectivity index (χ3v) is 4.61. The maximum absolute atomic E-state index is 5.79. The first kappa shape index (κ1) is 16.7. The molecule has 5 nitrogen and oxygen atoms in total. The summed E-state index contributed by atoms with van der Waals surface area (Å²) in [6.07, 6.45) is 6.04. The first-order chi connectivity index (χ1) is 11.7. The molecule has 128 valence electrons. The Morgan fingerprint density at radius 3 is 2.46 bits per heavy atom. The Labute approximate surface area is 144 Å². The van der Waals surface area contributed by atoms with Gasteiger partial charge in [0.15, 0.2) is 0 Å². The summed E-state index contributed by atoms with van der Waals surface area (Å²) in [6.45, 7) is 5.93. The molecule has 0 aliphatic carbocycles. The van der Waals surface area contributed by atoms with Gasteiger partial charge in [-0.2, -0.15) is 0 Å². The van der Waals surface area contributed by atoms with Crippen LogP contribution in [-0.4, -0.2) is 54.2 Å². The van der Waals surface area contributed by atoms with Crippen LogP contribution in [0.3, 0.4) is 0 Å². The number of hydrogen-bond acceptors (Lipinski definition) is 5. The predicted octanol–water partition coefficient (Wildman–Crippen LogP) is 2.76. The van der Waals surface area contributed by atoms with Crippen molar-refractivity contribution < 1.29 is 4.74 Å². The van der Waals surface area contributed by atoms with Crippen molar-refractivity contribution in [2.75, 3.05) is 38.2 Å². The highest BCUT2D eigenvalue weighted by Crippen LogP contribution is 2.19. The number of hydrogen-bond donors (Lipinski definition) is 0. The maximum Gasteiger partial charge on any atom is 0.225 e. The second-order valence-electron chi connectivity index (χ2n) is 6.41. The minimum Gasteiger partial charge on any atom is -0.492 e. The second-order valence-corrected chi connectivity index (χ2v) is 6.41. The zero-order valence-corrected chi connectivity index (χ0v) is 14.6. The number of aryl methyl sites for hydroxylation is 1. The first-order valence-electron chi connectivity index (χ1n) is 8.64. The smallest absolute Gasteiger partial charge is 0.225 e. The number of aromatic nitrogens is 2. The van der Waals surface area contributed by atoms with Crippen molar-refractivity contribution in [2.24, 2.45) is 0 Å². The predicted molar refractivity (Wildman–Crippen MR) is 96.6 cm³/mol. The van der Waals surface area contributed by atoms with E-state index in [0.717, 1.165) is 56.3 Å². The fraction of sp³-hybridized carbons (Fsp3) is 0.474. The van der Waals surface area contributed by atoms with Gasteiger partial charge < -0.3 is 9.64 Å². The van der Waals surface area contributed by atoms with Crippen LogP contribution < -0.4 is 9.64 Å². The Balaban J connectivity index is 1.41. The third kappa shape index (κ3) is 4.45. The number of rotatable bonds is 6. The molecule has 0 saturated carbocycles. The molecule has 2 heterocycles. The molecular formula is C19H26N4O. The average Bonchev–Trinajstić information content (AvgIpc) is 2.63. The number of benzene rings is 1. The molecular weight excluding hydrogens is 300 g/mol. The topological polar surface area (TPSA) is 41.5 Å². The fourth-order valence-electron chi connectivity index (χ4n) is 3.07. The van der Waals surface area contributed by atoms with Crippen molar-refractivity contribution in [1.82, 2.24) is 14.9 Å². The summed E-state index contributed by atoms with van der Waals surface area (Å²) in [5.74, 6) is 1.77. The van der Waals surface area contributed by atoms with Crippen molar-refractivity contribution in [3.63, 3.8) is 0 Å². The lowest BCUT2D eigenvalue weighted by molar-refractivity contribution is 0.172. The van der Waals surface area contributed by atoms with Crippen LogP contribution in [0.1, 0.15) is 18.4 Å². The van der Waals surface area contributed by atoms with E-state index in [-0.39, 0.29) is 0 Å². The third-order valence-electron chi connectivity index (χ3n) is 4.61. The number of para-hydroxylation sites is 1. The van der Waals surface area contributed by atoms with E-state index in [1.165, 1.54) is 0 Å². The summed E-state index contributed by atoms with van der Waals surface area (Å²) in [7, 11) is 2.10. The van der Waals surface area contributed by atoms with Gasteiger partial charge in [0.25, 0.3) is 0 Å². The summed E-state index contributed by atoms with van der Waals surface area (Å²) in [5, 5.41) is 0. The molecule has 0 radical (unpaired) electrons. The molecule has 1 aliphatic heterocycles. The Hall–Kier alpha value is -2.14. The Bertz CT molecular complexity index is 609. The monoisotopic (exact) mass is 326 g/mol. The number of anilines is 1. The van der Waals surface area contributed by atoms with Gasteiger partial charge in [-0.3, -0.25) is 4.90 Å². The lowest BCUT2D eigenvalue weighted by Gasteiger charge is -2.36. The molecule has 2 aromatic rings. The largest absolute Gasteiger partial charge is 0.492 e. The second kappa shape index (κ2) is 8.11. The van der Waals surface area contributed by atoms with E-state index < -0.39 is 0 Å². The molecule has 5 heteroatoms. The molecule has 0 bridgehead atoms. The lowest BCUT2D eigenvalue weighted by Crippen LogP contribution is -2.45. The van der Waals surface area contributed by atoms with E-state index in [1.54, 1.807) is 0 Å². The van der Waals surface area contributed by atoms with Gasteiger partial charge in [0.2, 0.25) is 5.95 Å². The van der Waals surface area contributed by atoms with E-state index in [1.807, 2.05) is 49.6 Å². The van der Waals surface area contributed by atoms with Crippen LogP contribution >= 0.6 is 0 Å². The van der Waals surface area contributed by atoms with E-state index in [0.29, 0.717) is 6.04 Å². The molecule has 1 saturated heterocycles. The molecule has 0 atom stereocenters. The van der Waals surface area contributed by atoms with Gasteiger partial charge in [0, 0.05) is 45.1 Å². The van der Waals surface area contributed by atoms with E-state index in [9.17, 15) is 0 Å². The molecule has 0 amide bonds. The average molecular weight is 326 g/mol. The molecule has 24 heavy (non-hydrogen) atoms. The van der Waals surface area contributed by atoms with E-state index >= 15 is 0 Å². The van der Waals surface area contributed by atoms with Gasteiger partial charge in [-0.1, -0.05) is 18.2 Å². The lowest BCUT2D eigenvalue weighted by atomic mass is 10.0. The highest BCUT2D eigenvalue weighted by molar-refractivity contribution is 5.30. The van der Waals surface area contributed by atoms with Crippen LogP contribution in [0.15, 0.2) is 42.7 Å². The highest BCUT2D eigenvalue weighted by atomic mass is 16.5. The molecule has 0 spiro atoms. The van der Waals surface area contributed by atoms with Gasteiger partial charge in [-0.15, -0.1) is 0 Å². The zero-order valence-electron chi connectivity index (χ0n) is 14.6. The van der Waals surface area contributed by atoms with Gasteiger partial charge in [0.05, 0.1) is 0 Å². The summed E-state index contributed by atoms with van der Waals surface area (Å²) in [6, 6.07) is 10.5. The number of likely N-dealkylation sites (tertiary alicyclic amines) is 1. The van der Waals surface area contributed by atoms with Crippen molar-refractivity contribution in [3.05, 3.63) is 48.3 Å². The summed E-state index contributed by atoms with van der Waals surface area (Å²) in [4.78, 5) is 13.6. The summed E-state index contributed by atoms with van der Waals surface area (Å²) in [5.41, 5.74) is 1.10. The van der Waals surface area contributed by atoms with Gasteiger partial charge in [-0.25, -0.2) is 9.97 Å². The normalized spacial score (nSPS) is 16.1. The van der Waals surface area contributed by atoms with Crippen LogP contribution in [0.25, 0.3) is 0 Å².